The van der Waals surface area contributed by atoms with E-state index >= 15 is 0 Å². The fraction of sp³-hybridized carbons (Fsp3) is 0.923. The van der Waals surface area contributed by atoms with E-state index in [9.17, 15) is 4.79 Å². The topological polar surface area (TPSA) is 26.3 Å². The van der Waals surface area contributed by atoms with Crippen LogP contribution in [0.2, 0.25) is 0 Å². The van der Waals surface area contributed by atoms with Crippen molar-refractivity contribution in [3.63, 3.8) is 0 Å². The normalized spacial score (nSPS) is 47.0. The first-order valence-electron chi connectivity index (χ1n) is 6.43. The van der Waals surface area contributed by atoms with Gasteiger partial charge in [0.25, 0.3) is 0 Å². The minimum Gasteiger partial charge on any atom is -0.462 e. The van der Waals surface area contributed by atoms with E-state index in [0.29, 0.717) is 17.8 Å². The van der Waals surface area contributed by atoms with Crippen molar-refractivity contribution in [1.29, 1.82) is 0 Å². The van der Waals surface area contributed by atoms with E-state index in [-0.39, 0.29) is 12.1 Å². The molecule has 3 fully saturated rings. The minimum absolute atomic E-state index is 0.0527. The predicted molar refractivity (Wildman–Crippen MR) is 57.3 cm³/mol. The van der Waals surface area contributed by atoms with E-state index in [2.05, 4.69) is 6.92 Å². The molecule has 0 spiro atoms. The lowest BCUT2D eigenvalue weighted by Crippen LogP contribution is -2.27. The molecule has 1 saturated heterocycles. The predicted octanol–water partition coefficient (Wildman–Crippen LogP) is 2.91. The molecule has 0 unspecified atom stereocenters. The van der Waals surface area contributed by atoms with Crippen molar-refractivity contribution in [3.05, 3.63) is 0 Å². The molecule has 15 heavy (non-hydrogen) atoms. The third-order valence-electron chi connectivity index (χ3n) is 4.82. The lowest BCUT2D eigenvalue weighted by atomic mass is 9.77. The van der Waals surface area contributed by atoms with Gasteiger partial charge in [-0.05, 0) is 37.0 Å². The third kappa shape index (κ3) is 1.49. The Morgan fingerprint density at radius 1 is 1.47 bits per heavy atom. The van der Waals surface area contributed by atoms with Crippen molar-refractivity contribution in [2.45, 2.75) is 58.0 Å². The molecular formula is C13H20O2. The van der Waals surface area contributed by atoms with Crippen molar-refractivity contribution in [2.24, 2.45) is 17.3 Å². The number of ether oxygens (including phenoxy) is 1. The zero-order valence-corrected chi connectivity index (χ0v) is 9.50. The highest BCUT2D eigenvalue weighted by Gasteiger charge is 2.60. The summed E-state index contributed by atoms with van der Waals surface area (Å²) in [6, 6.07) is 0. The number of carbonyl (C=O) groups is 1. The van der Waals surface area contributed by atoms with Gasteiger partial charge in [-0.25, -0.2) is 0 Å². The van der Waals surface area contributed by atoms with Gasteiger partial charge in [0.1, 0.15) is 6.10 Å². The fourth-order valence-corrected chi connectivity index (χ4v) is 3.82. The van der Waals surface area contributed by atoms with Crippen LogP contribution < -0.4 is 0 Å². The molecule has 1 heterocycles. The number of carbonyl (C=O) groups excluding carboxylic acids is 1. The Morgan fingerprint density at radius 2 is 2.33 bits per heavy atom. The molecule has 0 aromatic rings. The molecule has 4 atom stereocenters. The van der Waals surface area contributed by atoms with Gasteiger partial charge in [-0.1, -0.05) is 19.8 Å². The maximum absolute atomic E-state index is 11.2. The number of hydrogen-bond acceptors (Lipinski definition) is 2. The van der Waals surface area contributed by atoms with Crippen LogP contribution in [0.5, 0.6) is 0 Å². The third-order valence-corrected chi connectivity index (χ3v) is 4.82. The first-order valence-corrected chi connectivity index (χ1v) is 6.43. The standard InChI is InChI=1S/C13H20O2/c1-2-3-4-13-7-10(13)5-9-6-12(14)15-11(9)8-13/h9-11H,2-8H2,1H3/t9-,10+,11-,13+/m1/s1. The first-order chi connectivity index (χ1) is 7.23. The van der Waals surface area contributed by atoms with Crippen LogP contribution in [0.25, 0.3) is 0 Å². The largest absolute Gasteiger partial charge is 0.462 e. The maximum Gasteiger partial charge on any atom is 0.306 e. The monoisotopic (exact) mass is 208 g/mol. The van der Waals surface area contributed by atoms with Gasteiger partial charge in [0.2, 0.25) is 0 Å². The summed E-state index contributed by atoms with van der Waals surface area (Å²) < 4.78 is 5.43. The molecule has 2 saturated carbocycles. The molecule has 1 aliphatic heterocycles. The molecule has 3 rings (SSSR count). The van der Waals surface area contributed by atoms with Crippen molar-refractivity contribution < 1.29 is 9.53 Å². The molecule has 3 aliphatic rings. The van der Waals surface area contributed by atoms with Crippen LogP contribution in [0.4, 0.5) is 0 Å². The van der Waals surface area contributed by atoms with Gasteiger partial charge in [-0.15, -0.1) is 0 Å². The molecule has 2 heteroatoms. The van der Waals surface area contributed by atoms with Gasteiger partial charge >= 0.3 is 5.97 Å². The smallest absolute Gasteiger partial charge is 0.306 e. The van der Waals surface area contributed by atoms with E-state index in [4.69, 9.17) is 4.74 Å². The summed E-state index contributed by atoms with van der Waals surface area (Å²) in [6.07, 6.45) is 8.85. The number of fused-ring (bicyclic) bond motifs is 2. The highest BCUT2D eigenvalue weighted by Crippen LogP contribution is 2.66. The summed E-state index contributed by atoms with van der Waals surface area (Å²) in [6.45, 7) is 2.26. The Bertz CT molecular complexity index is 286. The van der Waals surface area contributed by atoms with E-state index in [1.807, 2.05) is 0 Å². The summed E-state index contributed by atoms with van der Waals surface area (Å²) in [5.74, 6) is 1.55. The first kappa shape index (κ1) is 9.68. The van der Waals surface area contributed by atoms with Gasteiger partial charge in [0, 0.05) is 5.92 Å². The zero-order chi connectivity index (χ0) is 10.5. The Kier molecular flexibility index (Phi) is 2.08. The molecule has 0 bridgehead atoms. The lowest BCUT2D eigenvalue weighted by molar-refractivity contribution is -0.142. The summed E-state index contributed by atoms with van der Waals surface area (Å²) >= 11 is 0. The van der Waals surface area contributed by atoms with Crippen LogP contribution in [0, 0.1) is 17.3 Å². The van der Waals surface area contributed by atoms with Crippen LogP contribution in [0.1, 0.15) is 51.9 Å². The average molecular weight is 208 g/mol. The van der Waals surface area contributed by atoms with E-state index in [1.165, 1.54) is 38.5 Å². The Labute approximate surface area is 91.4 Å². The van der Waals surface area contributed by atoms with Crippen LogP contribution in [-0.4, -0.2) is 12.1 Å². The summed E-state index contributed by atoms with van der Waals surface area (Å²) in [7, 11) is 0. The second kappa shape index (κ2) is 3.23. The molecule has 84 valence electrons. The number of rotatable bonds is 3. The molecule has 0 N–H and O–H groups in total. The zero-order valence-electron chi connectivity index (χ0n) is 9.50. The van der Waals surface area contributed by atoms with Crippen molar-refractivity contribution in [2.75, 3.05) is 0 Å². The Balaban J connectivity index is 1.66. The minimum atomic E-state index is 0.0527. The number of unbranched alkanes of at least 4 members (excludes halogenated alkanes) is 1. The highest BCUT2D eigenvalue weighted by atomic mass is 16.5. The highest BCUT2D eigenvalue weighted by molar-refractivity contribution is 5.72. The summed E-state index contributed by atoms with van der Waals surface area (Å²) in [5, 5.41) is 0. The summed E-state index contributed by atoms with van der Waals surface area (Å²) in [5.41, 5.74) is 0.599. The number of esters is 1. The fourth-order valence-electron chi connectivity index (χ4n) is 3.82. The molecule has 2 nitrogen and oxygen atoms in total. The second-order valence-corrected chi connectivity index (χ2v) is 5.80. The van der Waals surface area contributed by atoms with Crippen LogP contribution in [0.3, 0.4) is 0 Å². The van der Waals surface area contributed by atoms with E-state index in [0.717, 1.165) is 5.92 Å². The van der Waals surface area contributed by atoms with Gasteiger partial charge in [-0.2, -0.15) is 0 Å². The SMILES string of the molecule is CCCC[C@@]12C[C@@H]1C[C@@H]1CC(=O)O[C@@H]1C2. The quantitative estimate of drug-likeness (QED) is 0.667. The summed E-state index contributed by atoms with van der Waals surface area (Å²) in [4.78, 5) is 11.2. The van der Waals surface area contributed by atoms with Crippen LogP contribution >= 0.6 is 0 Å². The molecular weight excluding hydrogens is 188 g/mol. The van der Waals surface area contributed by atoms with Crippen molar-refractivity contribution in [1.82, 2.24) is 0 Å². The second-order valence-electron chi connectivity index (χ2n) is 5.80. The molecule has 2 aliphatic carbocycles. The van der Waals surface area contributed by atoms with Crippen molar-refractivity contribution in [3.8, 4) is 0 Å². The van der Waals surface area contributed by atoms with E-state index in [1.54, 1.807) is 0 Å². The van der Waals surface area contributed by atoms with Gasteiger partial charge in [0.05, 0.1) is 6.42 Å². The van der Waals surface area contributed by atoms with Crippen LogP contribution in [-0.2, 0) is 9.53 Å². The Morgan fingerprint density at radius 3 is 3.13 bits per heavy atom. The van der Waals surface area contributed by atoms with E-state index < -0.39 is 0 Å². The van der Waals surface area contributed by atoms with Gasteiger partial charge in [-0.3, -0.25) is 4.79 Å². The molecule has 0 aromatic heterocycles. The molecule has 0 amide bonds. The van der Waals surface area contributed by atoms with Gasteiger partial charge in [0.15, 0.2) is 0 Å². The van der Waals surface area contributed by atoms with Crippen LogP contribution in [0.15, 0.2) is 0 Å². The van der Waals surface area contributed by atoms with Crippen molar-refractivity contribution >= 4 is 5.97 Å². The number of hydrogen-bond donors (Lipinski definition) is 0. The Hall–Kier alpha value is -0.530. The molecule has 0 aromatic carbocycles. The van der Waals surface area contributed by atoms with Gasteiger partial charge < -0.3 is 4.74 Å². The lowest BCUT2D eigenvalue weighted by Gasteiger charge is -2.29. The average Bonchev–Trinajstić information content (AvgIpc) is 2.77. The maximum atomic E-state index is 11.2. The molecule has 0 radical (unpaired) electrons.